The molecule has 0 bridgehead atoms. The number of benzene rings is 1. The fourth-order valence-electron chi connectivity index (χ4n) is 2.67. The molecule has 1 aliphatic rings. The zero-order valence-electron chi connectivity index (χ0n) is 11.5. The van der Waals surface area contributed by atoms with E-state index in [-0.39, 0.29) is 11.6 Å². The monoisotopic (exact) mass is 249 g/mol. The molecule has 18 heavy (non-hydrogen) atoms. The molecule has 1 heterocycles. The zero-order valence-corrected chi connectivity index (χ0v) is 11.5. The van der Waals surface area contributed by atoms with E-state index in [0.717, 1.165) is 6.54 Å². The maximum atomic E-state index is 5.48. The van der Waals surface area contributed by atoms with Gasteiger partial charge in [0.1, 0.15) is 6.10 Å². The highest BCUT2D eigenvalue weighted by molar-refractivity contribution is 5.31. The molecule has 1 aromatic carbocycles. The Kier molecular flexibility index (Phi) is 4.38. The number of hydrogen-bond donors (Lipinski definition) is 1. The first kappa shape index (κ1) is 13.5. The summed E-state index contributed by atoms with van der Waals surface area (Å²) in [6, 6.07) is 8.65. The van der Waals surface area contributed by atoms with Crippen LogP contribution in [0.1, 0.15) is 37.0 Å². The standard InChI is InChI=1S/C15H23NO2/c1-15(8-5-9-16-15)13-7-4-6-12(10-13)14(18-3)11-17-2/h4,6-7,10,14,16H,5,8-9,11H2,1-3H3. The summed E-state index contributed by atoms with van der Waals surface area (Å²) >= 11 is 0. The highest BCUT2D eigenvalue weighted by Crippen LogP contribution is 2.32. The summed E-state index contributed by atoms with van der Waals surface area (Å²) in [5.41, 5.74) is 2.64. The third kappa shape index (κ3) is 2.74. The quantitative estimate of drug-likeness (QED) is 0.870. The van der Waals surface area contributed by atoms with Crippen molar-refractivity contribution in [3.8, 4) is 0 Å². The Balaban J connectivity index is 2.23. The summed E-state index contributed by atoms with van der Waals surface area (Å²) in [5.74, 6) is 0. The highest BCUT2D eigenvalue weighted by atomic mass is 16.5. The summed E-state index contributed by atoms with van der Waals surface area (Å²) in [4.78, 5) is 0. The third-order valence-electron chi connectivity index (χ3n) is 3.87. The van der Waals surface area contributed by atoms with Crippen LogP contribution in [0.3, 0.4) is 0 Å². The van der Waals surface area contributed by atoms with E-state index in [0.29, 0.717) is 6.61 Å². The minimum Gasteiger partial charge on any atom is -0.382 e. The second-order valence-corrected chi connectivity index (χ2v) is 5.17. The van der Waals surface area contributed by atoms with Crippen molar-refractivity contribution in [2.75, 3.05) is 27.4 Å². The number of ether oxygens (including phenoxy) is 2. The Labute approximate surface area is 109 Å². The predicted molar refractivity (Wildman–Crippen MR) is 72.7 cm³/mol. The Morgan fingerprint density at radius 2 is 2.22 bits per heavy atom. The summed E-state index contributed by atoms with van der Waals surface area (Å²) in [6.45, 7) is 3.97. The van der Waals surface area contributed by atoms with Crippen LogP contribution in [0.15, 0.2) is 24.3 Å². The van der Waals surface area contributed by atoms with Crippen LogP contribution in [0.25, 0.3) is 0 Å². The van der Waals surface area contributed by atoms with Gasteiger partial charge in [0.25, 0.3) is 0 Å². The molecule has 2 atom stereocenters. The fourth-order valence-corrected chi connectivity index (χ4v) is 2.67. The van der Waals surface area contributed by atoms with Crippen LogP contribution in [0.5, 0.6) is 0 Å². The number of hydrogen-bond acceptors (Lipinski definition) is 3. The van der Waals surface area contributed by atoms with Gasteiger partial charge in [-0.05, 0) is 37.4 Å². The summed E-state index contributed by atoms with van der Waals surface area (Å²) in [5, 5.41) is 3.59. The molecule has 1 aliphatic heterocycles. The molecule has 0 radical (unpaired) electrons. The summed E-state index contributed by atoms with van der Waals surface area (Å²) < 4.78 is 10.7. The molecule has 0 saturated carbocycles. The molecule has 1 fully saturated rings. The molecule has 0 aromatic heterocycles. The highest BCUT2D eigenvalue weighted by Gasteiger charge is 2.30. The average molecular weight is 249 g/mol. The van der Waals surface area contributed by atoms with E-state index in [1.165, 1.54) is 24.0 Å². The topological polar surface area (TPSA) is 30.5 Å². The Morgan fingerprint density at radius 1 is 1.39 bits per heavy atom. The lowest BCUT2D eigenvalue weighted by Crippen LogP contribution is -2.33. The van der Waals surface area contributed by atoms with E-state index in [4.69, 9.17) is 9.47 Å². The molecule has 1 saturated heterocycles. The Hall–Kier alpha value is -0.900. The van der Waals surface area contributed by atoms with Crippen molar-refractivity contribution < 1.29 is 9.47 Å². The summed E-state index contributed by atoms with van der Waals surface area (Å²) in [7, 11) is 3.43. The SMILES string of the molecule is COCC(OC)c1cccc(C2(C)CCCN2)c1. The number of methoxy groups -OCH3 is 2. The van der Waals surface area contributed by atoms with Crippen molar-refractivity contribution >= 4 is 0 Å². The average Bonchev–Trinajstić information content (AvgIpc) is 2.84. The molecule has 3 heteroatoms. The molecule has 2 unspecified atom stereocenters. The molecule has 2 rings (SSSR count). The van der Waals surface area contributed by atoms with Crippen molar-refractivity contribution in [2.24, 2.45) is 0 Å². The Bertz CT molecular complexity index is 386. The Morgan fingerprint density at radius 3 is 2.83 bits per heavy atom. The molecular weight excluding hydrogens is 226 g/mol. The lowest BCUT2D eigenvalue weighted by molar-refractivity contribution is 0.0274. The van der Waals surface area contributed by atoms with Gasteiger partial charge in [0, 0.05) is 19.8 Å². The lowest BCUT2D eigenvalue weighted by Gasteiger charge is -2.26. The molecule has 100 valence electrons. The van der Waals surface area contributed by atoms with Gasteiger partial charge >= 0.3 is 0 Å². The van der Waals surface area contributed by atoms with Crippen molar-refractivity contribution in [3.63, 3.8) is 0 Å². The van der Waals surface area contributed by atoms with Crippen molar-refractivity contribution in [3.05, 3.63) is 35.4 Å². The van der Waals surface area contributed by atoms with E-state index in [2.05, 4.69) is 36.5 Å². The largest absolute Gasteiger partial charge is 0.382 e. The van der Waals surface area contributed by atoms with Crippen LogP contribution >= 0.6 is 0 Å². The number of nitrogens with one attached hydrogen (secondary N) is 1. The maximum Gasteiger partial charge on any atom is 0.105 e. The molecule has 1 aromatic rings. The molecular formula is C15H23NO2. The molecule has 0 amide bonds. The van der Waals surface area contributed by atoms with E-state index in [1.54, 1.807) is 14.2 Å². The van der Waals surface area contributed by atoms with E-state index in [9.17, 15) is 0 Å². The van der Waals surface area contributed by atoms with Gasteiger partial charge in [-0.1, -0.05) is 24.3 Å². The first-order valence-electron chi connectivity index (χ1n) is 6.57. The van der Waals surface area contributed by atoms with Crippen LogP contribution in [0.2, 0.25) is 0 Å². The van der Waals surface area contributed by atoms with Crippen LogP contribution in [0, 0.1) is 0 Å². The lowest BCUT2D eigenvalue weighted by atomic mass is 9.89. The van der Waals surface area contributed by atoms with Gasteiger partial charge in [-0.25, -0.2) is 0 Å². The first-order chi connectivity index (χ1) is 8.69. The molecule has 3 nitrogen and oxygen atoms in total. The van der Waals surface area contributed by atoms with Crippen LogP contribution in [0.4, 0.5) is 0 Å². The van der Waals surface area contributed by atoms with Gasteiger partial charge in [-0.3, -0.25) is 0 Å². The molecule has 0 spiro atoms. The zero-order chi connectivity index (χ0) is 13.0. The van der Waals surface area contributed by atoms with Crippen LogP contribution in [-0.2, 0) is 15.0 Å². The van der Waals surface area contributed by atoms with Crippen LogP contribution < -0.4 is 5.32 Å². The van der Waals surface area contributed by atoms with Gasteiger partial charge < -0.3 is 14.8 Å². The van der Waals surface area contributed by atoms with E-state index < -0.39 is 0 Å². The van der Waals surface area contributed by atoms with Crippen molar-refractivity contribution in [1.82, 2.24) is 5.32 Å². The van der Waals surface area contributed by atoms with E-state index in [1.807, 2.05) is 0 Å². The van der Waals surface area contributed by atoms with Gasteiger partial charge in [-0.15, -0.1) is 0 Å². The van der Waals surface area contributed by atoms with Gasteiger partial charge in [0.2, 0.25) is 0 Å². The molecule has 0 aliphatic carbocycles. The van der Waals surface area contributed by atoms with E-state index >= 15 is 0 Å². The summed E-state index contributed by atoms with van der Waals surface area (Å²) in [6.07, 6.45) is 2.45. The van der Waals surface area contributed by atoms with Crippen molar-refractivity contribution in [2.45, 2.75) is 31.4 Å². The third-order valence-corrected chi connectivity index (χ3v) is 3.87. The van der Waals surface area contributed by atoms with Gasteiger partial charge in [0.05, 0.1) is 6.61 Å². The van der Waals surface area contributed by atoms with Crippen LogP contribution in [-0.4, -0.2) is 27.4 Å². The minimum atomic E-state index is 0.0138. The minimum absolute atomic E-state index is 0.0138. The normalized spacial score (nSPS) is 25.3. The number of rotatable bonds is 5. The van der Waals surface area contributed by atoms with Gasteiger partial charge in [-0.2, -0.15) is 0 Å². The second kappa shape index (κ2) is 5.83. The second-order valence-electron chi connectivity index (χ2n) is 5.17. The molecule has 1 N–H and O–H groups in total. The smallest absolute Gasteiger partial charge is 0.105 e. The maximum absolute atomic E-state index is 5.48. The first-order valence-corrected chi connectivity index (χ1v) is 6.57. The van der Waals surface area contributed by atoms with Gasteiger partial charge in [0.15, 0.2) is 0 Å². The fraction of sp³-hybridized carbons (Fsp3) is 0.600. The van der Waals surface area contributed by atoms with Crippen molar-refractivity contribution in [1.29, 1.82) is 0 Å². The predicted octanol–water partition coefficient (Wildman–Crippen LogP) is 2.62.